The summed E-state index contributed by atoms with van der Waals surface area (Å²) in [5, 5.41) is 14.0. The van der Waals surface area contributed by atoms with Gasteiger partial charge in [-0.25, -0.2) is 4.98 Å². The molecule has 2 aromatic carbocycles. The van der Waals surface area contributed by atoms with Crippen LogP contribution in [0.15, 0.2) is 71.3 Å². The number of para-hydroxylation sites is 1. The fourth-order valence-electron chi connectivity index (χ4n) is 2.03. The molecule has 120 valence electrons. The van der Waals surface area contributed by atoms with Crippen LogP contribution >= 0.6 is 15.9 Å². The number of ether oxygens (including phenoxy) is 1. The monoisotopic (exact) mass is 385 g/mol. The second-order valence-corrected chi connectivity index (χ2v) is 5.76. The lowest BCUT2D eigenvalue weighted by Gasteiger charge is -2.08. The fraction of sp³-hybridized carbons (Fsp3) is 0. The summed E-state index contributed by atoms with van der Waals surface area (Å²) in [5.41, 5.74) is 0.572. The van der Waals surface area contributed by atoms with Crippen molar-refractivity contribution >= 4 is 33.1 Å². The lowest BCUT2D eigenvalue weighted by molar-refractivity contribution is -0.384. The van der Waals surface area contributed by atoms with Crippen LogP contribution in [-0.2, 0) is 0 Å². The number of benzene rings is 2. The summed E-state index contributed by atoms with van der Waals surface area (Å²) in [6.07, 6.45) is 1.50. The van der Waals surface area contributed by atoms with Gasteiger partial charge in [-0.1, -0.05) is 18.2 Å². The molecule has 7 heteroatoms. The molecule has 0 aliphatic rings. The molecule has 0 aliphatic heterocycles. The van der Waals surface area contributed by atoms with E-state index in [4.69, 9.17) is 4.74 Å². The largest absolute Gasteiger partial charge is 0.457 e. The van der Waals surface area contributed by atoms with Crippen molar-refractivity contribution in [1.82, 2.24) is 4.98 Å². The first-order chi connectivity index (χ1) is 11.6. The first-order valence-electron chi connectivity index (χ1n) is 7.02. The van der Waals surface area contributed by atoms with Gasteiger partial charge in [0, 0.05) is 22.4 Å². The Morgan fingerprint density at radius 1 is 1.04 bits per heavy atom. The highest BCUT2D eigenvalue weighted by Crippen LogP contribution is 2.29. The van der Waals surface area contributed by atoms with Crippen LogP contribution in [0.25, 0.3) is 0 Å². The van der Waals surface area contributed by atoms with Crippen LogP contribution in [0.3, 0.4) is 0 Å². The average molecular weight is 386 g/mol. The molecule has 3 aromatic rings. The second-order valence-electron chi connectivity index (χ2n) is 4.84. The normalized spacial score (nSPS) is 10.2. The fourth-order valence-corrected chi connectivity index (χ4v) is 2.35. The quantitative estimate of drug-likeness (QED) is 0.476. The number of nitro groups is 1. The SMILES string of the molecule is O=[N+]([O-])c1cc(Br)cnc1Nc1ccc(Oc2ccccc2)cc1. The van der Waals surface area contributed by atoms with E-state index in [0.29, 0.717) is 15.9 Å². The van der Waals surface area contributed by atoms with Gasteiger partial charge in [-0.15, -0.1) is 0 Å². The number of aromatic nitrogens is 1. The molecule has 0 saturated carbocycles. The molecule has 0 unspecified atom stereocenters. The molecule has 0 spiro atoms. The van der Waals surface area contributed by atoms with Crippen molar-refractivity contribution in [3.63, 3.8) is 0 Å². The first kappa shape index (κ1) is 15.9. The minimum atomic E-state index is -0.479. The maximum Gasteiger partial charge on any atom is 0.312 e. The van der Waals surface area contributed by atoms with Crippen LogP contribution in [0.5, 0.6) is 11.5 Å². The van der Waals surface area contributed by atoms with E-state index < -0.39 is 4.92 Å². The summed E-state index contributed by atoms with van der Waals surface area (Å²) in [6, 6.07) is 17.9. The zero-order valence-corrected chi connectivity index (χ0v) is 13.9. The molecule has 1 N–H and O–H groups in total. The number of pyridine rings is 1. The lowest BCUT2D eigenvalue weighted by atomic mass is 10.3. The minimum absolute atomic E-state index is 0.103. The van der Waals surface area contributed by atoms with Gasteiger partial charge in [0.1, 0.15) is 11.5 Å². The van der Waals surface area contributed by atoms with Crippen molar-refractivity contribution in [1.29, 1.82) is 0 Å². The third-order valence-electron chi connectivity index (χ3n) is 3.13. The van der Waals surface area contributed by atoms with E-state index in [-0.39, 0.29) is 11.5 Å². The van der Waals surface area contributed by atoms with Gasteiger partial charge in [0.2, 0.25) is 5.82 Å². The Morgan fingerprint density at radius 3 is 2.38 bits per heavy atom. The zero-order chi connectivity index (χ0) is 16.9. The number of rotatable bonds is 5. The van der Waals surface area contributed by atoms with Gasteiger partial charge in [0.15, 0.2) is 0 Å². The number of halogens is 1. The number of hydrogen-bond acceptors (Lipinski definition) is 5. The smallest absolute Gasteiger partial charge is 0.312 e. The van der Waals surface area contributed by atoms with Gasteiger partial charge in [-0.2, -0.15) is 0 Å². The molecule has 0 bridgehead atoms. The number of nitrogens with one attached hydrogen (secondary N) is 1. The van der Waals surface area contributed by atoms with E-state index in [1.165, 1.54) is 12.3 Å². The molecule has 0 amide bonds. The van der Waals surface area contributed by atoms with E-state index in [1.807, 2.05) is 30.3 Å². The molecule has 24 heavy (non-hydrogen) atoms. The first-order valence-corrected chi connectivity index (χ1v) is 7.81. The van der Waals surface area contributed by atoms with E-state index in [1.54, 1.807) is 24.3 Å². The highest BCUT2D eigenvalue weighted by Gasteiger charge is 2.16. The maximum absolute atomic E-state index is 11.1. The van der Waals surface area contributed by atoms with Crippen LogP contribution in [0.2, 0.25) is 0 Å². The number of nitrogens with zero attached hydrogens (tertiary/aromatic N) is 2. The summed E-state index contributed by atoms with van der Waals surface area (Å²) in [4.78, 5) is 14.7. The Hall–Kier alpha value is -2.93. The van der Waals surface area contributed by atoms with Crippen molar-refractivity contribution in [2.75, 3.05) is 5.32 Å². The van der Waals surface area contributed by atoms with E-state index in [9.17, 15) is 10.1 Å². The Balaban J connectivity index is 1.76. The molecule has 6 nitrogen and oxygen atoms in total. The summed E-state index contributed by atoms with van der Waals surface area (Å²) in [5.74, 6) is 1.59. The summed E-state index contributed by atoms with van der Waals surface area (Å²) < 4.78 is 6.25. The van der Waals surface area contributed by atoms with Crippen molar-refractivity contribution in [2.24, 2.45) is 0 Å². The molecule has 0 atom stereocenters. The Bertz CT molecular complexity index is 855. The number of anilines is 2. The van der Waals surface area contributed by atoms with Crippen LogP contribution < -0.4 is 10.1 Å². The third-order valence-corrected chi connectivity index (χ3v) is 3.56. The second kappa shape index (κ2) is 7.10. The van der Waals surface area contributed by atoms with Gasteiger partial charge < -0.3 is 10.1 Å². The van der Waals surface area contributed by atoms with Crippen LogP contribution in [0.4, 0.5) is 17.2 Å². The highest BCUT2D eigenvalue weighted by atomic mass is 79.9. The van der Waals surface area contributed by atoms with E-state index in [0.717, 1.165) is 5.75 Å². The van der Waals surface area contributed by atoms with Gasteiger partial charge in [-0.3, -0.25) is 10.1 Å². The van der Waals surface area contributed by atoms with E-state index in [2.05, 4.69) is 26.2 Å². The summed E-state index contributed by atoms with van der Waals surface area (Å²) >= 11 is 3.18. The predicted molar refractivity (Wildman–Crippen MR) is 94.8 cm³/mol. The Morgan fingerprint density at radius 2 is 1.71 bits per heavy atom. The lowest BCUT2D eigenvalue weighted by Crippen LogP contribution is -1.99. The summed E-state index contributed by atoms with van der Waals surface area (Å²) in [6.45, 7) is 0. The molecule has 1 aromatic heterocycles. The molecule has 0 aliphatic carbocycles. The van der Waals surface area contributed by atoms with Crippen molar-refractivity contribution in [2.45, 2.75) is 0 Å². The van der Waals surface area contributed by atoms with Gasteiger partial charge in [0.05, 0.1) is 4.92 Å². The van der Waals surface area contributed by atoms with Crippen molar-refractivity contribution in [3.05, 3.63) is 81.4 Å². The molecular weight excluding hydrogens is 374 g/mol. The minimum Gasteiger partial charge on any atom is -0.457 e. The van der Waals surface area contributed by atoms with Crippen molar-refractivity contribution in [3.8, 4) is 11.5 Å². The van der Waals surface area contributed by atoms with Crippen LogP contribution in [-0.4, -0.2) is 9.91 Å². The standard InChI is InChI=1S/C17H12BrN3O3/c18-12-10-16(21(22)23)17(19-11-12)20-13-6-8-15(9-7-13)24-14-4-2-1-3-5-14/h1-11H,(H,19,20). The van der Waals surface area contributed by atoms with Crippen LogP contribution in [0, 0.1) is 10.1 Å². The molecular formula is C17H12BrN3O3. The zero-order valence-electron chi connectivity index (χ0n) is 12.3. The Labute approximate surface area is 146 Å². The van der Waals surface area contributed by atoms with Crippen LogP contribution in [0.1, 0.15) is 0 Å². The molecule has 0 radical (unpaired) electrons. The van der Waals surface area contributed by atoms with E-state index >= 15 is 0 Å². The molecule has 0 fully saturated rings. The average Bonchev–Trinajstić information content (AvgIpc) is 2.59. The third kappa shape index (κ3) is 3.88. The molecule has 1 heterocycles. The van der Waals surface area contributed by atoms with Gasteiger partial charge in [-0.05, 0) is 52.3 Å². The topological polar surface area (TPSA) is 77.3 Å². The highest BCUT2D eigenvalue weighted by molar-refractivity contribution is 9.10. The van der Waals surface area contributed by atoms with Gasteiger partial charge >= 0.3 is 5.69 Å². The molecule has 0 saturated heterocycles. The summed E-state index contributed by atoms with van der Waals surface area (Å²) in [7, 11) is 0. The predicted octanol–water partition coefficient (Wildman–Crippen LogP) is 5.29. The molecule has 3 rings (SSSR count). The maximum atomic E-state index is 11.1. The van der Waals surface area contributed by atoms with Gasteiger partial charge in [0.25, 0.3) is 0 Å². The Kier molecular flexibility index (Phi) is 4.72. The number of hydrogen-bond donors (Lipinski definition) is 1. The van der Waals surface area contributed by atoms with Crippen molar-refractivity contribution < 1.29 is 9.66 Å².